The molecule has 0 saturated carbocycles. The fourth-order valence-corrected chi connectivity index (χ4v) is 4.92. The number of carboxylic acids is 2. The van der Waals surface area contributed by atoms with Gasteiger partial charge in [-0.15, -0.1) is 0 Å². The van der Waals surface area contributed by atoms with E-state index >= 15 is 0 Å². The van der Waals surface area contributed by atoms with Crippen molar-refractivity contribution in [2.45, 2.75) is 200 Å². The Balaban J connectivity index is 0. The molecule has 0 aromatic heterocycles. The molecule has 4 N–H and O–H groups in total. The highest BCUT2D eigenvalue weighted by molar-refractivity contribution is 5.80. The lowest BCUT2D eigenvalue weighted by atomic mass is 9.97. The molecule has 0 aliphatic rings. The van der Waals surface area contributed by atoms with Crippen LogP contribution in [-0.2, 0) is 14.4 Å². The van der Waals surface area contributed by atoms with Crippen molar-refractivity contribution in [3.8, 4) is 0 Å². The minimum absolute atomic E-state index is 0.0791. The number of nitrogens with one attached hydrogen (secondary N) is 1. The summed E-state index contributed by atoms with van der Waals surface area (Å²) in [6.07, 6.45) is 31.1. The van der Waals surface area contributed by atoms with Crippen molar-refractivity contribution in [2.24, 2.45) is 0 Å². The summed E-state index contributed by atoms with van der Waals surface area (Å²) >= 11 is 0. The Morgan fingerprint density at radius 2 is 0.857 bits per heavy atom. The fourth-order valence-electron chi connectivity index (χ4n) is 4.92. The Kier molecular flexibility index (Phi) is 32.7. The predicted octanol–water partition coefficient (Wildman–Crippen LogP) is 9.58. The Morgan fingerprint density at radius 3 is 1.19 bits per heavy atom. The van der Waals surface area contributed by atoms with Crippen molar-refractivity contribution in [1.82, 2.24) is 5.32 Å². The van der Waals surface area contributed by atoms with E-state index in [4.69, 9.17) is 10.2 Å². The van der Waals surface area contributed by atoms with Crippen molar-refractivity contribution < 1.29 is 29.7 Å². The first-order valence-corrected chi connectivity index (χ1v) is 17.6. The van der Waals surface area contributed by atoms with Gasteiger partial charge in [0, 0.05) is 13.0 Å². The molecule has 0 radical (unpaired) electrons. The molecule has 0 heterocycles. The summed E-state index contributed by atoms with van der Waals surface area (Å²) in [6, 6.07) is 0. The highest BCUT2D eigenvalue weighted by atomic mass is 16.4. The molecule has 1 unspecified atom stereocenters. The number of unbranched alkanes of at least 4 members (excludes halogenated alkanes) is 22. The molecule has 0 rings (SSSR count). The molecule has 0 aromatic rings. The Hall–Kier alpha value is -1.63. The number of aliphatic hydroxyl groups is 1. The number of rotatable bonds is 30. The number of carbonyl (C=O) groups excluding carboxylic acids is 1. The second-order valence-electron chi connectivity index (χ2n) is 12.4. The van der Waals surface area contributed by atoms with Gasteiger partial charge in [-0.1, -0.05) is 155 Å². The van der Waals surface area contributed by atoms with E-state index in [1.807, 2.05) is 0 Å². The predicted molar refractivity (Wildman–Crippen MR) is 175 cm³/mol. The zero-order valence-corrected chi connectivity index (χ0v) is 27.9. The lowest BCUT2D eigenvalue weighted by Crippen LogP contribution is -2.34. The summed E-state index contributed by atoms with van der Waals surface area (Å²) in [5, 5.41) is 29.6. The number of carbonyl (C=O) groups is 3. The quantitative estimate of drug-likeness (QED) is 0.0609. The maximum absolute atomic E-state index is 11.3. The Bertz CT molecular complexity index is 623. The molecule has 0 aliphatic heterocycles. The van der Waals surface area contributed by atoms with E-state index in [2.05, 4.69) is 19.2 Å². The third kappa shape index (κ3) is 34.6. The average Bonchev–Trinajstić information content (AvgIpc) is 2.95. The number of carboxylic acid groups (broad SMARTS) is 2. The molecule has 7 heteroatoms. The molecule has 0 fully saturated rings. The van der Waals surface area contributed by atoms with Crippen molar-refractivity contribution >= 4 is 17.8 Å². The zero-order valence-electron chi connectivity index (χ0n) is 27.9. The minimum Gasteiger partial charge on any atom is -0.481 e. The molecule has 1 amide bonds. The summed E-state index contributed by atoms with van der Waals surface area (Å²) in [6.45, 7) is 6.56. The Labute approximate surface area is 259 Å². The van der Waals surface area contributed by atoms with Crippen LogP contribution in [0.3, 0.4) is 0 Å². The third-order valence-corrected chi connectivity index (χ3v) is 7.90. The van der Waals surface area contributed by atoms with Crippen LogP contribution >= 0.6 is 0 Å². The number of aliphatic carboxylic acids is 2. The fraction of sp³-hybridized carbons (Fsp3) is 0.914. The summed E-state index contributed by atoms with van der Waals surface area (Å²) < 4.78 is 0. The SMILES string of the molecule is CCCCCCCCCCCCCCC(C)(O)C(=O)O.CCCCCCCCCCCCCCNC(=O)CCC(=O)O. The van der Waals surface area contributed by atoms with Crippen LogP contribution < -0.4 is 5.32 Å². The normalized spacial score (nSPS) is 12.3. The lowest BCUT2D eigenvalue weighted by molar-refractivity contribution is -0.157. The monoisotopic (exact) mass is 600 g/mol. The maximum Gasteiger partial charge on any atom is 0.335 e. The van der Waals surface area contributed by atoms with Gasteiger partial charge in [-0.3, -0.25) is 9.59 Å². The lowest BCUT2D eigenvalue weighted by Gasteiger charge is -2.17. The van der Waals surface area contributed by atoms with Gasteiger partial charge in [-0.25, -0.2) is 4.79 Å². The van der Waals surface area contributed by atoms with Crippen molar-refractivity contribution in [3.63, 3.8) is 0 Å². The van der Waals surface area contributed by atoms with E-state index in [9.17, 15) is 19.5 Å². The number of hydrogen-bond acceptors (Lipinski definition) is 4. The van der Waals surface area contributed by atoms with Crippen LogP contribution in [0, 0.1) is 0 Å². The van der Waals surface area contributed by atoms with Gasteiger partial charge in [0.1, 0.15) is 0 Å². The Morgan fingerprint density at radius 1 is 0.524 bits per heavy atom. The van der Waals surface area contributed by atoms with E-state index in [1.165, 1.54) is 129 Å². The van der Waals surface area contributed by atoms with Crippen LogP contribution in [0.2, 0.25) is 0 Å². The van der Waals surface area contributed by atoms with E-state index in [0.717, 1.165) is 32.1 Å². The highest BCUT2D eigenvalue weighted by Gasteiger charge is 2.28. The molecule has 7 nitrogen and oxygen atoms in total. The standard InChI is InChI=1S/C18H35NO3.C17H34O3/c1-2-3-4-5-6-7-8-9-10-11-12-13-16-19-17(20)14-15-18(21)22;1-3-4-5-6-7-8-9-10-11-12-13-14-15-17(2,20)16(18)19/h2-16H2,1H3,(H,19,20)(H,21,22);20H,3-15H2,1-2H3,(H,18,19). The van der Waals surface area contributed by atoms with Crippen molar-refractivity contribution in [2.75, 3.05) is 6.54 Å². The van der Waals surface area contributed by atoms with Crippen LogP contribution in [-0.4, -0.2) is 45.3 Å². The van der Waals surface area contributed by atoms with E-state index in [-0.39, 0.29) is 18.7 Å². The van der Waals surface area contributed by atoms with Crippen LogP contribution in [0.5, 0.6) is 0 Å². The van der Waals surface area contributed by atoms with Crippen LogP contribution in [0.1, 0.15) is 194 Å². The summed E-state index contributed by atoms with van der Waals surface area (Å²) in [4.78, 5) is 32.3. The summed E-state index contributed by atoms with van der Waals surface area (Å²) in [5.74, 6) is -2.17. The molecule has 0 aromatic carbocycles. The minimum atomic E-state index is -1.54. The van der Waals surface area contributed by atoms with Crippen LogP contribution in [0.25, 0.3) is 0 Å². The molecule has 0 spiro atoms. The van der Waals surface area contributed by atoms with Gasteiger partial charge >= 0.3 is 11.9 Å². The molecular weight excluding hydrogens is 530 g/mol. The van der Waals surface area contributed by atoms with Crippen molar-refractivity contribution in [3.05, 3.63) is 0 Å². The number of amides is 1. The first-order chi connectivity index (χ1) is 20.2. The van der Waals surface area contributed by atoms with Crippen LogP contribution in [0.15, 0.2) is 0 Å². The largest absolute Gasteiger partial charge is 0.481 e. The summed E-state index contributed by atoms with van der Waals surface area (Å²) in [5.41, 5.74) is -1.54. The zero-order chi connectivity index (χ0) is 31.7. The molecular formula is C35H69NO6. The van der Waals surface area contributed by atoms with Gasteiger partial charge in [-0.05, 0) is 26.2 Å². The average molecular weight is 600 g/mol. The second-order valence-corrected chi connectivity index (χ2v) is 12.4. The first kappa shape index (κ1) is 42.5. The van der Waals surface area contributed by atoms with Gasteiger partial charge in [0.05, 0.1) is 6.42 Å². The third-order valence-electron chi connectivity index (χ3n) is 7.90. The second kappa shape index (κ2) is 32.3. The summed E-state index contributed by atoms with van der Waals surface area (Å²) in [7, 11) is 0. The topological polar surface area (TPSA) is 124 Å². The van der Waals surface area contributed by atoms with Crippen molar-refractivity contribution in [1.29, 1.82) is 0 Å². The van der Waals surface area contributed by atoms with Gasteiger partial charge in [0.2, 0.25) is 5.91 Å². The smallest absolute Gasteiger partial charge is 0.335 e. The molecule has 0 saturated heterocycles. The molecule has 42 heavy (non-hydrogen) atoms. The van der Waals surface area contributed by atoms with Gasteiger partial charge in [-0.2, -0.15) is 0 Å². The first-order valence-electron chi connectivity index (χ1n) is 17.6. The van der Waals surface area contributed by atoms with Crippen LogP contribution in [0.4, 0.5) is 0 Å². The molecule has 0 bridgehead atoms. The molecule has 1 atom stereocenters. The highest BCUT2D eigenvalue weighted by Crippen LogP contribution is 2.17. The van der Waals surface area contributed by atoms with E-state index in [1.54, 1.807) is 0 Å². The molecule has 0 aliphatic carbocycles. The van der Waals surface area contributed by atoms with E-state index < -0.39 is 17.5 Å². The van der Waals surface area contributed by atoms with Gasteiger partial charge in [0.25, 0.3) is 0 Å². The maximum atomic E-state index is 11.3. The van der Waals surface area contributed by atoms with Gasteiger partial charge in [0.15, 0.2) is 5.60 Å². The van der Waals surface area contributed by atoms with Gasteiger partial charge < -0.3 is 20.6 Å². The number of hydrogen-bond donors (Lipinski definition) is 4. The molecule has 250 valence electrons. The van der Waals surface area contributed by atoms with E-state index in [0.29, 0.717) is 13.0 Å².